The summed E-state index contributed by atoms with van der Waals surface area (Å²) in [5.41, 5.74) is 0. The highest BCUT2D eigenvalue weighted by molar-refractivity contribution is 7.89. The molecule has 12 heteroatoms. The molecule has 0 aromatic rings. The number of carbonyl (C=O) groups is 2. The fourth-order valence-corrected chi connectivity index (χ4v) is 11.0. The molecule has 6 fully saturated rings. The third kappa shape index (κ3) is 5.76. The molecule has 42 heavy (non-hydrogen) atoms. The molecule has 0 aromatic heterocycles. The Bertz CT molecular complexity index is 1100. The van der Waals surface area contributed by atoms with Crippen LogP contribution >= 0.6 is 0 Å². The van der Waals surface area contributed by atoms with Gasteiger partial charge in [-0.25, -0.2) is 13.6 Å². The van der Waals surface area contributed by atoms with Gasteiger partial charge in [0, 0.05) is 39.1 Å². The number of piperidine rings is 2. The zero-order valence-electron chi connectivity index (χ0n) is 25.2. The lowest BCUT2D eigenvalue weighted by Crippen LogP contribution is -2.99. The van der Waals surface area contributed by atoms with Gasteiger partial charge in [-0.05, 0) is 82.0 Å². The van der Waals surface area contributed by atoms with Crippen LogP contribution in [0.1, 0.15) is 70.6 Å². The monoisotopic (exact) mass is 611 g/mol. The Hall–Kier alpha value is -1.31. The summed E-state index contributed by atoms with van der Waals surface area (Å²) >= 11 is 0. The summed E-state index contributed by atoms with van der Waals surface area (Å²) < 4.78 is 41.0. The molecule has 2 amide bonds. The summed E-state index contributed by atoms with van der Waals surface area (Å²) in [4.78, 5) is 29.1. The van der Waals surface area contributed by atoms with Crippen molar-refractivity contribution in [3.05, 3.63) is 0 Å². The predicted octanol–water partition coefficient (Wildman–Crippen LogP) is 0.126. The average Bonchev–Trinajstić information content (AvgIpc) is 3.32. The number of nitrogens with zero attached hydrogens (tertiary/aromatic N) is 1. The van der Waals surface area contributed by atoms with Crippen LogP contribution in [-0.4, -0.2) is 101 Å². The molecule has 5 N–H and O–H groups in total. The quantitative estimate of drug-likeness (QED) is 0.335. The maximum Gasteiger partial charge on any atom is 0.246 e. The van der Waals surface area contributed by atoms with Gasteiger partial charge < -0.3 is 29.7 Å². The maximum atomic E-state index is 14.2. The van der Waals surface area contributed by atoms with Crippen LogP contribution in [0.5, 0.6) is 0 Å². The Labute approximate surface area is 250 Å². The van der Waals surface area contributed by atoms with Crippen LogP contribution < -0.4 is 15.8 Å². The molecule has 6 rings (SSSR count). The lowest BCUT2D eigenvalue weighted by Gasteiger charge is -2.53. The van der Waals surface area contributed by atoms with E-state index in [0.717, 1.165) is 64.3 Å². The van der Waals surface area contributed by atoms with Crippen molar-refractivity contribution >= 4 is 21.8 Å². The van der Waals surface area contributed by atoms with Crippen molar-refractivity contribution < 1.29 is 37.5 Å². The Balaban J connectivity index is 1.01. The molecule has 0 aromatic carbocycles. The van der Waals surface area contributed by atoms with E-state index in [9.17, 15) is 18.0 Å². The Morgan fingerprint density at radius 1 is 1.00 bits per heavy atom. The first-order valence-corrected chi connectivity index (χ1v) is 17.9. The third-order valence-electron chi connectivity index (χ3n) is 12.0. The number of rotatable bonds is 9. The van der Waals surface area contributed by atoms with Crippen LogP contribution in [-0.2, 0) is 33.8 Å². The minimum Gasteiger partial charge on any atom is -0.379 e. The Kier molecular flexibility index (Phi) is 9.21. The number of hydrogen-bond donors (Lipinski definition) is 3. The Morgan fingerprint density at radius 2 is 1.79 bits per heavy atom. The highest BCUT2D eigenvalue weighted by Crippen LogP contribution is 2.53. The zero-order chi connectivity index (χ0) is 29.6. The van der Waals surface area contributed by atoms with Crippen molar-refractivity contribution in [3.8, 4) is 0 Å². The number of hydrogen-bond acceptors (Lipinski definition) is 7. The van der Waals surface area contributed by atoms with E-state index < -0.39 is 15.3 Å². The highest BCUT2D eigenvalue weighted by atomic mass is 32.2. The standard InChI is InChI=1S/C30H50N4O7S/c1-39-24-10-8-21-26(29(24)40-2)30(36)34-23-9-5-18(15-22(23)20-12-14-33-27(21)28(20)34)41-16-25(35)32-13-11-17-3-6-19(7-4-17)42(31,37)38/h17-24,26-29,33H,3-16H2,1-2H3,(H,32,35)(H2,31,37,38)/p+1. The van der Waals surface area contributed by atoms with E-state index in [1.165, 1.54) is 0 Å². The van der Waals surface area contributed by atoms with E-state index in [0.29, 0.717) is 55.1 Å². The summed E-state index contributed by atoms with van der Waals surface area (Å²) in [5.74, 6) is 1.72. The van der Waals surface area contributed by atoms with Gasteiger partial charge in [0.05, 0.1) is 42.1 Å². The SMILES string of the molecule is COC1CCC2C3[NH2+]CCC4C5CC(OCC(=O)NCCC6CCC(S(N)(=O)=O)CC6)CCC5N(C(=O)C2C1OC)C43. The molecule has 0 spiro atoms. The zero-order valence-corrected chi connectivity index (χ0v) is 26.0. The summed E-state index contributed by atoms with van der Waals surface area (Å²) in [6.07, 6.45) is 9.32. The number of quaternary nitrogens is 1. The number of fused-ring (bicyclic) bond motifs is 5. The summed E-state index contributed by atoms with van der Waals surface area (Å²) in [6, 6.07) is 0.967. The van der Waals surface area contributed by atoms with Gasteiger partial charge in [-0.1, -0.05) is 0 Å². The highest BCUT2D eigenvalue weighted by Gasteiger charge is 2.66. The van der Waals surface area contributed by atoms with Crippen molar-refractivity contribution in [1.29, 1.82) is 0 Å². The van der Waals surface area contributed by atoms with Crippen LogP contribution in [0.2, 0.25) is 0 Å². The molecule has 10 unspecified atom stereocenters. The average molecular weight is 612 g/mol. The van der Waals surface area contributed by atoms with E-state index in [1.54, 1.807) is 14.2 Å². The van der Waals surface area contributed by atoms with Crippen molar-refractivity contribution in [1.82, 2.24) is 10.2 Å². The van der Waals surface area contributed by atoms with Crippen molar-refractivity contribution in [2.24, 2.45) is 34.7 Å². The topological polar surface area (TPSA) is 154 Å². The predicted molar refractivity (Wildman–Crippen MR) is 154 cm³/mol. The first-order valence-electron chi connectivity index (χ1n) is 16.3. The molecule has 6 aliphatic rings. The molecule has 3 saturated heterocycles. The maximum absolute atomic E-state index is 14.2. The molecule has 3 heterocycles. The van der Waals surface area contributed by atoms with Gasteiger partial charge in [0.15, 0.2) is 0 Å². The van der Waals surface area contributed by atoms with Crippen LogP contribution in [0.4, 0.5) is 0 Å². The second-order valence-electron chi connectivity index (χ2n) is 13.9. The number of methoxy groups -OCH3 is 2. The molecular weight excluding hydrogens is 560 g/mol. The molecule has 3 saturated carbocycles. The lowest BCUT2D eigenvalue weighted by atomic mass is 9.64. The third-order valence-corrected chi connectivity index (χ3v) is 13.4. The fourth-order valence-electron chi connectivity index (χ4n) is 10.1. The summed E-state index contributed by atoms with van der Waals surface area (Å²) in [5, 5.41) is 10.4. The number of ether oxygens (including phenoxy) is 3. The van der Waals surface area contributed by atoms with E-state index >= 15 is 0 Å². The largest absolute Gasteiger partial charge is 0.379 e. The van der Waals surface area contributed by atoms with Crippen molar-refractivity contribution in [2.45, 2.75) is 112 Å². The number of nitrogens with one attached hydrogen (secondary N) is 1. The molecule has 10 atom stereocenters. The smallest absolute Gasteiger partial charge is 0.246 e. The number of sulfonamides is 1. The Morgan fingerprint density at radius 3 is 2.50 bits per heavy atom. The van der Waals surface area contributed by atoms with Crippen LogP contribution in [0.15, 0.2) is 0 Å². The number of nitrogens with two attached hydrogens (primary N) is 2. The van der Waals surface area contributed by atoms with Gasteiger partial charge >= 0.3 is 0 Å². The number of carbonyl (C=O) groups excluding carboxylic acids is 2. The van der Waals surface area contributed by atoms with Crippen molar-refractivity contribution in [2.75, 3.05) is 33.9 Å². The van der Waals surface area contributed by atoms with Crippen LogP contribution in [0, 0.1) is 29.6 Å². The molecule has 0 bridgehead atoms. The molecule has 11 nitrogen and oxygen atoms in total. The fraction of sp³-hybridized carbons (Fsp3) is 0.933. The second kappa shape index (κ2) is 12.6. The number of amides is 2. The van der Waals surface area contributed by atoms with E-state index in [4.69, 9.17) is 19.3 Å². The minimum absolute atomic E-state index is 0.0326. The van der Waals surface area contributed by atoms with Crippen LogP contribution in [0.25, 0.3) is 0 Å². The molecule has 3 aliphatic heterocycles. The van der Waals surface area contributed by atoms with E-state index in [-0.39, 0.29) is 48.7 Å². The van der Waals surface area contributed by atoms with Gasteiger partial charge in [0.2, 0.25) is 21.8 Å². The van der Waals surface area contributed by atoms with Gasteiger partial charge in [-0.3, -0.25) is 9.59 Å². The van der Waals surface area contributed by atoms with Gasteiger partial charge in [0.1, 0.15) is 12.6 Å². The molecule has 238 valence electrons. The first-order chi connectivity index (χ1) is 20.2. The van der Waals surface area contributed by atoms with Crippen LogP contribution in [0.3, 0.4) is 0 Å². The van der Waals surface area contributed by atoms with E-state index in [1.807, 2.05) is 0 Å². The summed E-state index contributed by atoms with van der Waals surface area (Å²) in [7, 11) is 0.00235. The molecule has 0 radical (unpaired) electrons. The lowest BCUT2D eigenvalue weighted by molar-refractivity contribution is -0.713. The number of primary sulfonamides is 1. The van der Waals surface area contributed by atoms with Gasteiger partial charge in [0.25, 0.3) is 0 Å². The van der Waals surface area contributed by atoms with Gasteiger partial charge in [-0.15, -0.1) is 0 Å². The first kappa shape index (κ1) is 30.7. The van der Waals surface area contributed by atoms with E-state index in [2.05, 4.69) is 15.5 Å². The van der Waals surface area contributed by atoms with Crippen molar-refractivity contribution in [3.63, 3.8) is 0 Å². The second-order valence-corrected chi connectivity index (χ2v) is 15.7. The molecular formula is C30H51N4O7S+. The summed E-state index contributed by atoms with van der Waals surface area (Å²) in [6.45, 7) is 1.74. The molecule has 3 aliphatic carbocycles. The van der Waals surface area contributed by atoms with Gasteiger partial charge in [-0.2, -0.15) is 0 Å². The normalized spacial score (nSPS) is 43.3. The minimum atomic E-state index is -3.45.